The maximum Gasteiger partial charge on any atom is 0.320 e. The zero-order chi connectivity index (χ0) is 13.4. The summed E-state index contributed by atoms with van der Waals surface area (Å²) >= 11 is 0. The molecule has 0 N–H and O–H groups in total. The van der Waals surface area contributed by atoms with Gasteiger partial charge >= 0.3 is 11.9 Å². The third-order valence-corrected chi connectivity index (χ3v) is 6.37. The van der Waals surface area contributed by atoms with E-state index in [9.17, 15) is 9.59 Å². The van der Waals surface area contributed by atoms with Gasteiger partial charge in [-0.05, 0) is 75.5 Å². The molecule has 1 atom stereocenters. The molecule has 5 rings (SSSR count). The molecule has 0 aromatic rings. The number of carbonyl (C=O) groups excluding carboxylic acids is 2. The molecule has 1 aliphatic heterocycles. The van der Waals surface area contributed by atoms with Crippen LogP contribution in [0.15, 0.2) is 0 Å². The van der Waals surface area contributed by atoms with Crippen LogP contribution in [0, 0.1) is 34.5 Å². The van der Waals surface area contributed by atoms with Gasteiger partial charge in [-0.3, -0.25) is 9.59 Å². The van der Waals surface area contributed by atoms with Crippen LogP contribution in [0.1, 0.15) is 52.4 Å². The number of hydrogen-bond acceptors (Lipinski definition) is 3. The normalized spacial score (nSPS) is 50.6. The summed E-state index contributed by atoms with van der Waals surface area (Å²) in [6.45, 7) is 3.81. The standard InChI is InChI=1S/C16H22O3/c1-15(2)12(13(17)19-14(15)18)16-6-9-3-10(7-16)5-11(4-9)8-16/h9-12H,3-8H2,1-2H3. The molecule has 3 nitrogen and oxygen atoms in total. The van der Waals surface area contributed by atoms with Crippen molar-refractivity contribution < 1.29 is 14.3 Å². The van der Waals surface area contributed by atoms with E-state index in [4.69, 9.17) is 4.74 Å². The van der Waals surface area contributed by atoms with Gasteiger partial charge in [0.2, 0.25) is 0 Å². The van der Waals surface area contributed by atoms with Crippen molar-refractivity contribution in [3.63, 3.8) is 0 Å². The van der Waals surface area contributed by atoms with Crippen molar-refractivity contribution in [2.24, 2.45) is 34.5 Å². The maximum absolute atomic E-state index is 12.3. The van der Waals surface area contributed by atoms with Crippen LogP contribution in [0.3, 0.4) is 0 Å². The van der Waals surface area contributed by atoms with Gasteiger partial charge in [-0.25, -0.2) is 0 Å². The molecular formula is C16H22O3. The van der Waals surface area contributed by atoms with E-state index in [1.54, 1.807) is 0 Å². The number of rotatable bonds is 1. The molecule has 5 fully saturated rings. The first kappa shape index (κ1) is 11.9. The second-order valence-electron chi connectivity index (χ2n) is 8.14. The molecule has 5 aliphatic rings. The van der Waals surface area contributed by atoms with E-state index < -0.39 is 5.41 Å². The predicted molar refractivity (Wildman–Crippen MR) is 69.0 cm³/mol. The summed E-state index contributed by atoms with van der Waals surface area (Å²) in [4.78, 5) is 24.2. The zero-order valence-corrected chi connectivity index (χ0v) is 11.8. The van der Waals surface area contributed by atoms with Gasteiger partial charge in [0.15, 0.2) is 0 Å². The lowest BCUT2D eigenvalue weighted by molar-refractivity contribution is -0.158. The summed E-state index contributed by atoms with van der Waals surface area (Å²) in [7, 11) is 0. The molecule has 0 aromatic heterocycles. The SMILES string of the molecule is CC1(C)C(=O)OC(=O)C1C12CC3CC(CC(C3)C1)C2. The second kappa shape index (κ2) is 3.42. The van der Waals surface area contributed by atoms with Crippen LogP contribution in [-0.4, -0.2) is 11.9 Å². The lowest BCUT2D eigenvalue weighted by Crippen LogP contribution is -2.53. The number of cyclic esters (lactones) is 2. The number of esters is 2. The number of ether oxygens (including phenoxy) is 1. The van der Waals surface area contributed by atoms with E-state index in [1.807, 2.05) is 13.8 Å². The van der Waals surface area contributed by atoms with E-state index in [2.05, 4.69) is 0 Å². The molecule has 0 spiro atoms. The fraction of sp³-hybridized carbons (Fsp3) is 0.875. The van der Waals surface area contributed by atoms with Gasteiger partial charge < -0.3 is 4.74 Å². The van der Waals surface area contributed by atoms with Crippen LogP contribution >= 0.6 is 0 Å². The molecule has 1 heterocycles. The Morgan fingerprint density at radius 1 is 0.947 bits per heavy atom. The van der Waals surface area contributed by atoms with E-state index in [0.29, 0.717) is 0 Å². The summed E-state index contributed by atoms with van der Waals surface area (Å²) in [6, 6.07) is 0. The summed E-state index contributed by atoms with van der Waals surface area (Å²) in [5, 5.41) is 0. The van der Waals surface area contributed by atoms with Crippen LogP contribution in [-0.2, 0) is 14.3 Å². The summed E-state index contributed by atoms with van der Waals surface area (Å²) in [5.41, 5.74) is -0.551. The monoisotopic (exact) mass is 262 g/mol. The fourth-order valence-electron chi connectivity index (χ4n) is 6.24. The van der Waals surface area contributed by atoms with Crippen molar-refractivity contribution in [1.29, 1.82) is 0 Å². The summed E-state index contributed by atoms with van der Waals surface area (Å²) < 4.78 is 5.00. The van der Waals surface area contributed by atoms with Gasteiger partial charge in [0, 0.05) is 0 Å². The molecule has 0 aromatic carbocycles. The van der Waals surface area contributed by atoms with Crippen molar-refractivity contribution in [3.05, 3.63) is 0 Å². The molecule has 4 bridgehead atoms. The highest BCUT2D eigenvalue weighted by Gasteiger charge is 2.64. The largest absolute Gasteiger partial charge is 0.392 e. The second-order valence-corrected chi connectivity index (χ2v) is 8.14. The molecule has 4 aliphatic carbocycles. The highest BCUT2D eigenvalue weighted by molar-refractivity contribution is 5.99. The van der Waals surface area contributed by atoms with Gasteiger partial charge in [0.1, 0.15) is 0 Å². The first-order valence-electron chi connectivity index (χ1n) is 7.67. The minimum Gasteiger partial charge on any atom is -0.392 e. The van der Waals surface area contributed by atoms with E-state index >= 15 is 0 Å². The van der Waals surface area contributed by atoms with Gasteiger partial charge in [-0.15, -0.1) is 0 Å². The van der Waals surface area contributed by atoms with Crippen molar-refractivity contribution in [2.45, 2.75) is 52.4 Å². The lowest BCUT2D eigenvalue weighted by Gasteiger charge is -2.59. The average molecular weight is 262 g/mol. The molecule has 19 heavy (non-hydrogen) atoms. The molecule has 4 saturated carbocycles. The van der Waals surface area contributed by atoms with E-state index in [0.717, 1.165) is 37.0 Å². The average Bonchev–Trinajstić information content (AvgIpc) is 2.45. The van der Waals surface area contributed by atoms with Gasteiger partial charge in [0.05, 0.1) is 11.3 Å². The Labute approximate surface area is 114 Å². The van der Waals surface area contributed by atoms with Crippen molar-refractivity contribution in [3.8, 4) is 0 Å². The summed E-state index contributed by atoms with van der Waals surface area (Å²) in [5.74, 6) is 1.65. The molecular weight excluding hydrogens is 240 g/mol. The Kier molecular flexibility index (Phi) is 2.15. The van der Waals surface area contributed by atoms with E-state index in [1.165, 1.54) is 19.3 Å². The summed E-state index contributed by atoms with van der Waals surface area (Å²) in [6.07, 6.45) is 7.51. The Morgan fingerprint density at radius 3 is 1.79 bits per heavy atom. The van der Waals surface area contributed by atoms with Crippen LogP contribution in [0.5, 0.6) is 0 Å². The topological polar surface area (TPSA) is 43.4 Å². The van der Waals surface area contributed by atoms with Crippen molar-refractivity contribution >= 4 is 11.9 Å². The Hall–Kier alpha value is -0.860. The molecule has 1 unspecified atom stereocenters. The Balaban J connectivity index is 1.75. The lowest BCUT2D eigenvalue weighted by atomic mass is 9.44. The Bertz CT molecular complexity index is 427. The minimum atomic E-state index is -0.622. The Morgan fingerprint density at radius 2 is 1.42 bits per heavy atom. The highest BCUT2D eigenvalue weighted by atomic mass is 16.6. The molecule has 1 saturated heterocycles. The molecule has 0 radical (unpaired) electrons. The number of carbonyl (C=O) groups is 2. The third-order valence-electron chi connectivity index (χ3n) is 6.37. The quantitative estimate of drug-likeness (QED) is 0.539. The van der Waals surface area contributed by atoms with Gasteiger partial charge in [-0.1, -0.05) is 0 Å². The van der Waals surface area contributed by atoms with Crippen molar-refractivity contribution in [2.75, 3.05) is 0 Å². The fourth-order valence-corrected chi connectivity index (χ4v) is 6.24. The first-order chi connectivity index (χ1) is 8.91. The van der Waals surface area contributed by atoms with Gasteiger partial charge in [0.25, 0.3) is 0 Å². The van der Waals surface area contributed by atoms with Crippen LogP contribution < -0.4 is 0 Å². The minimum absolute atomic E-state index is 0.0709. The third kappa shape index (κ3) is 1.45. The van der Waals surface area contributed by atoms with E-state index in [-0.39, 0.29) is 23.3 Å². The van der Waals surface area contributed by atoms with Crippen LogP contribution in [0.2, 0.25) is 0 Å². The maximum atomic E-state index is 12.3. The molecule has 3 heteroatoms. The first-order valence-corrected chi connectivity index (χ1v) is 7.67. The zero-order valence-electron chi connectivity index (χ0n) is 11.8. The predicted octanol–water partition coefficient (Wildman–Crippen LogP) is 2.93. The highest BCUT2D eigenvalue weighted by Crippen LogP contribution is 2.66. The van der Waals surface area contributed by atoms with Gasteiger partial charge in [-0.2, -0.15) is 0 Å². The molecule has 0 amide bonds. The molecule has 104 valence electrons. The van der Waals surface area contributed by atoms with Crippen LogP contribution in [0.4, 0.5) is 0 Å². The van der Waals surface area contributed by atoms with Crippen LogP contribution in [0.25, 0.3) is 0 Å². The smallest absolute Gasteiger partial charge is 0.320 e. The van der Waals surface area contributed by atoms with Crippen molar-refractivity contribution in [1.82, 2.24) is 0 Å². The number of hydrogen-bond donors (Lipinski definition) is 0.